The topological polar surface area (TPSA) is 24.5 Å². The van der Waals surface area contributed by atoms with Crippen molar-refractivity contribution in [3.63, 3.8) is 0 Å². The number of nitrogens with one attached hydrogen (secondary N) is 1. The van der Waals surface area contributed by atoms with E-state index in [1.54, 1.807) is 0 Å². The molecular formula is C15H30N2O. The molecule has 2 rings (SSSR count). The van der Waals surface area contributed by atoms with E-state index in [2.05, 4.69) is 17.3 Å². The molecule has 0 aromatic heterocycles. The van der Waals surface area contributed by atoms with Crippen LogP contribution < -0.4 is 5.32 Å². The second-order valence-electron chi connectivity index (χ2n) is 6.20. The van der Waals surface area contributed by atoms with Crippen molar-refractivity contribution in [2.45, 2.75) is 38.5 Å². The fourth-order valence-corrected chi connectivity index (χ4v) is 3.22. The molecule has 1 heterocycles. The van der Waals surface area contributed by atoms with E-state index in [0.29, 0.717) is 0 Å². The van der Waals surface area contributed by atoms with E-state index in [0.717, 1.165) is 38.1 Å². The van der Waals surface area contributed by atoms with Crippen molar-refractivity contribution in [2.75, 3.05) is 46.4 Å². The van der Waals surface area contributed by atoms with Crippen LogP contribution in [0, 0.1) is 11.8 Å². The van der Waals surface area contributed by atoms with Crippen LogP contribution in [0.4, 0.5) is 0 Å². The zero-order valence-corrected chi connectivity index (χ0v) is 12.0. The van der Waals surface area contributed by atoms with E-state index in [-0.39, 0.29) is 0 Å². The molecule has 1 aliphatic heterocycles. The Hall–Kier alpha value is -0.120. The molecule has 18 heavy (non-hydrogen) atoms. The minimum atomic E-state index is 0.758. The largest absolute Gasteiger partial charge is 0.381 e. The van der Waals surface area contributed by atoms with Crippen LogP contribution in [0.2, 0.25) is 0 Å². The van der Waals surface area contributed by atoms with Gasteiger partial charge in [-0.3, -0.25) is 0 Å². The molecule has 2 aliphatic rings. The summed E-state index contributed by atoms with van der Waals surface area (Å²) in [6.07, 6.45) is 8.53. The van der Waals surface area contributed by atoms with Gasteiger partial charge in [0.15, 0.2) is 0 Å². The van der Waals surface area contributed by atoms with Gasteiger partial charge in [0.05, 0.1) is 6.61 Å². The lowest BCUT2D eigenvalue weighted by atomic mass is 9.89. The Bertz CT molecular complexity index is 211. The molecule has 2 fully saturated rings. The standard InChI is InChI=1S/C15H30N2O/c1-17(12-14-5-3-2-4-6-14)9-8-16-11-15-7-10-18-13-15/h14-16H,2-13H2,1H3. The van der Waals surface area contributed by atoms with Gasteiger partial charge in [-0.1, -0.05) is 19.3 Å². The molecule has 3 nitrogen and oxygen atoms in total. The lowest BCUT2D eigenvalue weighted by Gasteiger charge is -2.27. The summed E-state index contributed by atoms with van der Waals surface area (Å²) in [6, 6.07) is 0. The summed E-state index contributed by atoms with van der Waals surface area (Å²) in [7, 11) is 2.27. The first-order chi connectivity index (χ1) is 8.84. The first-order valence-corrected chi connectivity index (χ1v) is 7.81. The minimum absolute atomic E-state index is 0.758. The second kappa shape index (κ2) is 8.13. The van der Waals surface area contributed by atoms with Crippen molar-refractivity contribution in [3.8, 4) is 0 Å². The van der Waals surface area contributed by atoms with Crippen molar-refractivity contribution in [2.24, 2.45) is 11.8 Å². The molecule has 1 saturated heterocycles. The van der Waals surface area contributed by atoms with Crippen LogP contribution in [0.1, 0.15) is 38.5 Å². The van der Waals surface area contributed by atoms with E-state index in [9.17, 15) is 0 Å². The molecule has 0 radical (unpaired) electrons. The average molecular weight is 254 g/mol. The smallest absolute Gasteiger partial charge is 0.0507 e. The number of rotatable bonds is 7. The quantitative estimate of drug-likeness (QED) is 0.704. The van der Waals surface area contributed by atoms with E-state index < -0.39 is 0 Å². The van der Waals surface area contributed by atoms with Gasteiger partial charge >= 0.3 is 0 Å². The normalized spacial score (nSPS) is 26.0. The van der Waals surface area contributed by atoms with Crippen molar-refractivity contribution in [1.29, 1.82) is 0 Å². The van der Waals surface area contributed by atoms with E-state index in [4.69, 9.17) is 4.74 Å². The predicted octanol–water partition coefficient (Wildman–Crippen LogP) is 2.12. The SMILES string of the molecule is CN(CCNCC1CCOC1)CC1CCCCC1. The van der Waals surface area contributed by atoms with Crippen LogP contribution in [0.5, 0.6) is 0 Å². The maximum atomic E-state index is 5.39. The van der Waals surface area contributed by atoms with Gasteiger partial charge in [0.25, 0.3) is 0 Å². The van der Waals surface area contributed by atoms with Gasteiger partial charge in [-0.25, -0.2) is 0 Å². The van der Waals surface area contributed by atoms with Gasteiger partial charge in [-0.05, 0) is 38.1 Å². The Morgan fingerprint density at radius 3 is 2.67 bits per heavy atom. The molecule has 0 spiro atoms. The number of hydrogen-bond donors (Lipinski definition) is 1. The maximum absolute atomic E-state index is 5.39. The van der Waals surface area contributed by atoms with Crippen LogP contribution in [-0.4, -0.2) is 51.3 Å². The number of ether oxygens (including phenoxy) is 1. The van der Waals surface area contributed by atoms with Crippen molar-refractivity contribution < 1.29 is 4.74 Å². The molecule has 3 heteroatoms. The molecule has 1 N–H and O–H groups in total. The van der Waals surface area contributed by atoms with Crippen LogP contribution >= 0.6 is 0 Å². The molecule has 1 unspecified atom stereocenters. The fraction of sp³-hybridized carbons (Fsp3) is 1.00. The number of hydrogen-bond acceptors (Lipinski definition) is 3. The summed E-state index contributed by atoms with van der Waals surface area (Å²) in [6.45, 7) is 6.67. The van der Waals surface area contributed by atoms with E-state index >= 15 is 0 Å². The lowest BCUT2D eigenvalue weighted by molar-refractivity contribution is 0.184. The van der Waals surface area contributed by atoms with Gasteiger partial charge in [-0.15, -0.1) is 0 Å². The Balaban J connectivity index is 1.47. The van der Waals surface area contributed by atoms with Gasteiger partial charge in [0.1, 0.15) is 0 Å². The molecule has 0 aromatic carbocycles. The highest BCUT2D eigenvalue weighted by Gasteiger charge is 2.16. The third-order valence-electron chi connectivity index (χ3n) is 4.42. The maximum Gasteiger partial charge on any atom is 0.0507 e. The second-order valence-corrected chi connectivity index (χ2v) is 6.20. The van der Waals surface area contributed by atoms with Crippen molar-refractivity contribution in [1.82, 2.24) is 10.2 Å². The van der Waals surface area contributed by atoms with Gasteiger partial charge < -0.3 is 15.0 Å². The highest BCUT2D eigenvalue weighted by Crippen LogP contribution is 2.23. The zero-order chi connectivity index (χ0) is 12.6. The Morgan fingerprint density at radius 2 is 1.94 bits per heavy atom. The Labute approximate surface area is 112 Å². The van der Waals surface area contributed by atoms with Crippen LogP contribution in [-0.2, 0) is 4.74 Å². The monoisotopic (exact) mass is 254 g/mol. The predicted molar refractivity (Wildman–Crippen MR) is 75.9 cm³/mol. The highest BCUT2D eigenvalue weighted by molar-refractivity contribution is 4.70. The number of likely N-dealkylation sites (N-methyl/N-ethyl adjacent to an activating group) is 1. The highest BCUT2D eigenvalue weighted by atomic mass is 16.5. The summed E-state index contributed by atoms with van der Waals surface area (Å²) in [5, 5.41) is 3.57. The summed E-state index contributed by atoms with van der Waals surface area (Å²) in [5.74, 6) is 1.72. The van der Waals surface area contributed by atoms with Crippen LogP contribution in [0.25, 0.3) is 0 Å². The Morgan fingerprint density at radius 1 is 1.11 bits per heavy atom. The molecule has 1 saturated carbocycles. The number of nitrogens with zero attached hydrogens (tertiary/aromatic N) is 1. The third-order valence-corrected chi connectivity index (χ3v) is 4.42. The van der Waals surface area contributed by atoms with Gasteiger partial charge in [0, 0.05) is 32.8 Å². The fourth-order valence-electron chi connectivity index (χ4n) is 3.22. The third kappa shape index (κ3) is 5.25. The van der Waals surface area contributed by atoms with Crippen molar-refractivity contribution in [3.05, 3.63) is 0 Å². The van der Waals surface area contributed by atoms with Crippen LogP contribution in [0.3, 0.4) is 0 Å². The van der Waals surface area contributed by atoms with Crippen molar-refractivity contribution >= 4 is 0 Å². The first-order valence-electron chi connectivity index (χ1n) is 7.81. The molecule has 106 valence electrons. The lowest BCUT2D eigenvalue weighted by Crippen LogP contribution is -2.35. The minimum Gasteiger partial charge on any atom is -0.381 e. The molecule has 0 aromatic rings. The molecule has 0 amide bonds. The summed E-state index contributed by atoms with van der Waals surface area (Å²) < 4.78 is 5.39. The molecule has 1 aliphatic carbocycles. The molecular weight excluding hydrogens is 224 g/mol. The Kier molecular flexibility index (Phi) is 6.46. The molecule has 1 atom stereocenters. The van der Waals surface area contributed by atoms with E-state index in [1.165, 1.54) is 51.6 Å². The van der Waals surface area contributed by atoms with Gasteiger partial charge in [-0.2, -0.15) is 0 Å². The van der Waals surface area contributed by atoms with E-state index in [1.807, 2.05) is 0 Å². The van der Waals surface area contributed by atoms with Gasteiger partial charge in [0.2, 0.25) is 0 Å². The average Bonchev–Trinajstić information content (AvgIpc) is 2.89. The summed E-state index contributed by atoms with van der Waals surface area (Å²) >= 11 is 0. The first kappa shape index (κ1) is 14.3. The van der Waals surface area contributed by atoms with Crippen LogP contribution in [0.15, 0.2) is 0 Å². The zero-order valence-electron chi connectivity index (χ0n) is 12.0. The summed E-state index contributed by atoms with van der Waals surface area (Å²) in [5.41, 5.74) is 0. The molecule has 0 bridgehead atoms. The summed E-state index contributed by atoms with van der Waals surface area (Å²) in [4.78, 5) is 2.51.